The molecule has 0 saturated carbocycles. The molecule has 0 atom stereocenters. The number of rotatable bonds is 6. The first kappa shape index (κ1) is 21.7. The Morgan fingerprint density at radius 3 is 2.25 bits per heavy atom. The van der Waals surface area contributed by atoms with Crippen LogP contribution in [0.1, 0.15) is 5.69 Å². The van der Waals surface area contributed by atoms with E-state index in [0.29, 0.717) is 5.69 Å². The van der Waals surface area contributed by atoms with Crippen molar-refractivity contribution in [3.05, 3.63) is 70.6 Å². The Kier molecular flexibility index (Phi) is 6.32. The topological polar surface area (TPSA) is 71.7 Å². The Labute approximate surface area is 187 Å². The van der Waals surface area contributed by atoms with Gasteiger partial charge in [0.2, 0.25) is 5.91 Å². The average molecular weight is 436 g/mol. The van der Waals surface area contributed by atoms with Crippen LogP contribution in [0.25, 0.3) is 5.69 Å². The summed E-state index contributed by atoms with van der Waals surface area (Å²) in [6, 6.07) is 17.4. The molecular formula is C24H29N5O3. The highest BCUT2D eigenvalue weighted by atomic mass is 16.5. The van der Waals surface area contributed by atoms with Gasteiger partial charge in [-0.1, -0.05) is 18.2 Å². The van der Waals surface area contributed by atoms with E-state index in [1.165, 1.54) is 0 Å². The number of carbonyl (C=O) groups excluding carboxylic acids is 1. The van der Waals surface area contributed by atoms with E-state index in [9.17, 15) is 9.59 Å². The van der Waals surface area contributed by atoms with Gasteiger partial charge in [0.05, 0.1) is 25.0 Å². The van der Waals surface area contributed by atoms with Gasteiger partial charge in [0.25, 0.3) is 5.56 Å². The zero-order valence-corrected chi connectivity index (χ0v) is 18.7. The molecule has 8 heteroatoms. The molecule has 1 aromatic heterocycles. The summed E-state index contributed by atoms with van der Waals surface area (Å²) in [6.45, 7) is 5.33. The molecule has 0 unspecified atom stereocenters. The minimum atomic E-state index is -0.228. The van der Waals surface area contributed by atoms with E-state index >= 15 is 0 Å². The minimum absolute atomic E-state index is 0.172. The number of carbonyl (C=O) groups is 1. The van der Waals surface area contributed by atoms with Crippen LogP contribution < -0.4 is 20.5 Å². The molecule has 0 radical (unpaired) electrons. The van der Waals surface area contributed by atoms with Crippen molar-refractivity contribution in [2.45, 2.75) is 6.92 Å². The van der Waals surface area contributed by atoms with Gasteiger partial charge >= 0.3 is 0 Å². The Balaban J connectivity index is 1.37. The van der Waals surface area contributed by atoms with E-state index in [-0.39, 0.29) is 18.0 Å². The maximum atomic E-state index is 13.0. The van der Waals surface area contributed by atoms with E-state index in [1.807, 2.05) is 56.4 Å². The summed E-state index contributed by atoms with van der Waals surface area (Å²) in [4.78, 5) is 30.1. The number of piperazine rings is 1. The Morgan fingerprint density at radius 1 is 0.969 bits per heavy atom. The maximum absolute atomic E-state index is 13.0. The number of anilines is 2. The molecule has 0 spiro atoms. The van der Waals surface area contributed by atoms with Gasteiger partial charge < -0.3 is 15.0 Å². The molecule has 0 aliphatic carbocycles. The Hall–Kier alpha value is -3.52. The number of para-hydroxylation sites is 1. The molecule has 1 aliphatic rings. The van der Waals surface area contributed by atoms with Gasteiger partial charge in [-0.25, -0.2) is 4.68 Å². The van der Waals surface area contributed by atoms with E-state index in [2.05, 4.69) is 27.2 Å². The third kappa shape index (κ3) is 4.40. The van der Waals surface area contributed by atoms with Crippen molar-refractivity contribution in [2.24, 2.45) is 7.05 Å². The van der Waals surface area contributed by atoms with Gasteiger partial charge in [0, 0.05) is 38.9 Å². The number of amides is 1. The highest BCUT2D eigenvalue weighted by Gasteiger charge is 2.22. The number of nitrogens with zero attached hydrogens (tertiary/aromatic N) is 4. The quantitative estimate of drug-likeness (QED) is 0.643. The monoisotopic (exact) mass is 435 g/mol. The second-order valence-corrected chi connectivity index (χ2v) is 7.95. The van der Waals surface area contributed by atoms with Gasteiger partial charge in [0.1, 0.15) is 11.4 Å². The lowest BCUT2D eigenvalue weighted by molar-refractivity contribution is -0.117. The van der Waals surface area contributed by atoms with Gasteiger partial charge in [-0.2, -0.15) is 0 Å². The fourth-order valence-corrected chi connectivity index (χ4v) is 4.05. The zero-order chi connectivity index (χ0) is 22.7. The van der Waals surface area contributed by atoms with E-state index in [4.69, 9.17) is 4.74 Å². The van der Waals surface area contributed by atoms with Crippen LogP contribution in [0.3, 0.4) is 0 Å². The van der Waals surface area contributed by atoms with E-state index in [1.54, 1.807) is 16.5 Å². The summed E-state index contributed by atoms with van der Waals surface area (Å²) < 4.78 is 8.55. The van der Waals surface area contributed by atoms with Gasteiger partial charge in [-0.15, -0.1) is 0 Å². The predicted octanol–water partition coefficient (Wildman–Crippen LogP) is 2.25. The molecule has 1 saturated heterocycles. The van der Waals surface area contributed by atoms with Gasteiger partial charge in [-0.05, 0) is 43.3 Å². The van der Waals surface area contributed by atoms with Crippen LogP contribution in [0, 0.1) is 6.92 Å². The SMILES string of the molecule is COc1ccc(N2CCN(CC(=O)Nc3c(C)n(C)n(-c4ccccc4)c3=O)CC2)cc1. The maximum Gasteiger partial charge on any atom is 0.295 e. The van der Waals surface area contributed by atoms with Crippen LogP contribution >= 0.6 is 0 Å². The van der Waals surface area contributed by atoms with Crippen molar-refractivity contribution >= 4 is 17.3 Å². The van der Waals surface area contributed by atoms with Crippen LogP contribution in [0.4, 0.5) is 11.4 Å². The van der Waals surface area contributed by atoms with Crippen molar-refractivity contribution in [2.75, 3.05) is 50.1 Å². The second kappa shape index (κ2) is 9.32. The van der Waals surface area contributed by atoms with Crippen molar-refractivity contribution in [3.8, 4) is 11.4 Å². The molecule has 3 aromatic rings. The first-order valence-electron chi connectivity index (χ1n) is 10.7. The lowest BCUT2D eigenvalue weighted by Crippen LogP contribution is -2.48. The largest absolute Gasteiger partial charge is 0.497 e. The molecule has 168 valence electrons. The van der Waals surface area contributed by atoms with Crippen molar-refractivity contribution < 1.29 is 9.53 Å². The predicted molar refractivity (Wildman–Crippen MR) is 126 cm³/mol. The van der Waals surface area contributed by atoms with Crippen molar-refractivity contribution in [1.82, 2.24) is 14.3 Å². The summed E-state index contributed by atoms with van der Waals surface area (Å²) >= 11 is 0. The van der Waals surface area contributed by atoms with Gasteiger partial charge in [-0.3, -0.25) is 19.2 Å². The van der Waals surface area contributed by atoms with Crippen molar-refractivity contribution in [1.29, 1.82) is 0 Å². The fraction of sp³-hybridized carbons (Fsp3) is 0.333. The zero-order valence-electron chi connectivity index (χ0n) is 18.7. The Morgan fingerprint density at radius 2 is 1.62 bits per heavy atom. The molecule has 8 nitrogen and oxygen atoms in total. The van der Waals surface area contributed by atoms with E-state index < -0.39 is 0 Å². The summed E-state index contributed by atoms with van der Waals surface area (Å²) in [5.74, 6) is 0.667. The van der Waals surface area contributed by atoms with Crippen LogP contribution in [0.5, 0.6) is 5.75 Å². The summed E-state index contributed by atoms with van der Waals surface area (Å²) in [7, 11) is 3.48. The lowest BCUT2D eigenvalue weighted by atomic mass is 10.2. The molecule has 1 aliphatic heterocycles. The normalized spacial score (nSPS) is 14.4. The molecule has 0 bridgehead atoms. The third-order valence-corrected chi connectivity index (χ3v) is 6.00. The molecule has 2 aromatic carbocycles. The minimum Gasteiger partial charge on any atom is -0.497 e. The van der Waals surface area contributed by atoms with E-state index in [0.717, 1.165) is 49.0 Å². The molecule has 32 heavy (non-hydrogen) atoms. The number of ether oxygens (including phenoxy) is 1. The highest BCUT2D eigenvalue weighted by Crippen LogP contribution is 2.20. The van der Waals surface area contributed by atoms with Gasteiger partial charge in [0.15, 0.2) is 0 Å². The summed E-state index contributed by atoms with van der Waals surface area (Å²) in [6.07, 6.45) is 0. The molecular weight excluding hydrogens is 406 g/mol. The third-order valence-electron chi connectivity index (χ3n) is 6.00. The number of methoxy groups -OCH3 is 1. The molecule has 2 heterocycles. The molecule has 4 rings (SSSR count). The summed E-state index contributed by atoms with van der Waals surface area (Å²) in [5.41, 5.74) is 2.73. The summed E-state index contributed by atoms with van der Waals surface area (Å²) in [5, 5.41) is 2.85. The number of nitrogens with one attached hydrogen (secondary N) is 1. The first-order chi connectivity index (χ1) is 15.5. The smallest absolute Gasteiger partial charge is 0.295 e. The van der Waals surface area contributed by atoms with Crippen LogP contribution in [-0.4, -0.2) is 60.0 Å². The fourth-order valence-electron chi connectivity index (χ4n) is 4.05. The lowest BCUT2D eigenvalue weighted by Gasteiger charge is -2.35. The van der Waals surface area contributed by atoms with Crippen LogP contribution in [-0.2, 0) is 11.8 Å². The highest BCUT2D eigenvalue weighted by molar-refractivity contribution is 5.92. The Bertz CT molecular complexity index is 1130. The molecule has 1 fully saturated rings. The van der Waals surface area contributed by atoms with Crippen LogP contribution in [0.15, 0.2) is 59.4 Å². The number of hydrogen-bond donors (Lipinski definition) is 1. The number of aromatic nitrogens is 2. The standard InChI is InChI=1S/C24H29N5O3/c1-18-23(24(31)29(26(18)2)20-7-5-4-6-8-20)25-22(30)17-27-13-15-28(16-14-27)19-9-11-21(32-3)12-10-19/h4-12H,13-17H2,1-3H3,(H,25,30). The van der Waals surface area contributed by atoms with Crippen LogP contribution in [0.2, 0.25) is 0 Å². The number of benzene rings is 2. The number of hydrogen-bond acceptors (Lipinski definition) is 5. The first-order valence-corrected chi connectivity index (χ1v) is 10.7. The second-order valence-electron chi connectivity index (χ2n) is 7.95. The molecule has 1 amide bonds. The van der Waals surface area contributed by atoms with Crippen molar-refractivity contribution in [3.63, 3.8) is 0 Å². The average Bonchev–Trinajstić information content (AvgIpc) is 3.03. The molecule has 1 N–H and O–H groups in total.